The Morgan fingerprint density at radius 1 is 1.17 bits per heavy atom. The van der Waals surface area contributed by atoms with Crippen molar-refractivity contribution in [1.29, 1.82) is 0 Å². The first kappa shape index (κ1) is 18.9. The van der Waals surface area contributed by atoms with Crippen LogP contribution in [0.2, 0.25) is 6.04 Å². The normalized spacial score (nSPS) is 28.0. The van der Waals surface area contributed by atoms with Crippen molar-refractivity contribution in [3.8, 4) is 0 Å². The molecule has 1 aliphatic heterocycles. The van der Waals surface area contributed by atoms with Crippen molar-refractivity contribution < 1.29 is 18.4 Å². The van der Waals surface area contributed by atoms with Crippen LogP contribution in [0.1, 0.15) is 31.4 Å². The summed E-state index contributed by atoms with van der Waals surface area (Å²) >= 11 is 5.82. The number of hydrogen-bond donors (Lipinski definition) is 1. The Bertz CT molecular complexity index is 466. The van der Waals surface area contributed by atoms with Crippen molar-refractivity contribution in [3.05, 3.63) is 35.4 Å². The third kappa shape index (κ3) is 4.78. The minimum absolute atomic E-state index is 0.0833. The molecule has 1 N–H and O–H groups in total. The van der Waals surface area contributed by atoms with Crippen LogP contribution >= 0.6 is 11.6 Å². The molecule has 4 nitrogen and oxygen atoms in total. The topological polar surface area (TPSA) is 47.9 Å². The zero-order chi connectivity index (χ0) is 16.8. The zero-order valence-electron chi connectivity index (χ0n) is 14.0. The highest BCUT2D eigenvalue weighted by molar-refractivity contribution is 6.60. The van der Waals surface area contributed by atoms with Crippen LogP contribution in [0.3, 0.4) is 0 Å². The Hall–Kier alpha value is -0.433. The summed E-state index contributed by atoms with van der Waals surface area (Å²) in [4.78, 5) is 0. The van der Waals surface area contributed by atoms with Gasteiger partial charge in [-0.2, -0.15) is 0 Å². The molecular formula is C17H27ClO4Si. The number of hydrogen-bond acceptors (Lipinski definition) is 4. The van der Waals surface area contributed by atoms with Crippen molar-refractivity contribution in [2.24, 2.45) is 5.41 Å². The van der Waals surface area contributed by atoms with E-state index in [4.69, 9.17) is 24.9 Å². The van der Waals surface area contributed by atoms with E-state index in [9.17, 15) is 5.11 Å². The summed E-state index contributed by atoms with van der Waals surface area (Å²) in [6.07, 6.45) is 1.69. The van der Waals surface area contributed by atoms with E-state index in [1.54, 1.807) is 0 Å². The van der Waals surface area contributed by atoms with Crippen LogP contribution in [-0.4, -0.2) is 40.3 Å². The summed E-state index contributed by atoms with van der Waals surface area (Å²) in [5, 5.41) is 9.60. The van der Waals surface area contributed by atoms with Crippen molar-refractivity contribution in [1.82, 2.24) is 0 Å². The molecule has 130 valence electrons. The largest absolute Gasteiger partial charge is 0.501 e. The molecule has 1 aromatic carbocycles. The van der Waals surface area contributed by atoms with E-state index in [1.165, 1.54) is 5.56 Å². The summed E-state index contributed by atoms with van der Waals surface area (Å²) in [7, 11) is -2.65. The molecule has 1 aliphatic rings. The predicted molar refractivity (Wildman–Crippen MR) is 93.6 cm³/mol. The van der Waals surface area contributed by atoms with Crippen LogP contribution in [0.4, 0.5) is 0 Å². The summed E-state index contributed by atoms with van der Waals surface area (Å²) in [5.41, 5.74) is 2.07. The number of benzene rings is 1. The van der Waals surface area contributed by atoms with E-state index < -0.39 is 8.80 Å². The number of rotatable bonds is 8. The molecule has 1 heterocycles. The highest BCUT2D eigenvalue weighted by Gasteiger charge is 2.49. The van der Waals surface area contributed by atoms with Gasteiger partial charge in [-0.3, -0.25) is 0 Å². The van der Waals surface area contributed by atoms with Gasteiger partial charge >= 0.3 is 8.80 Å². The number of halogens is 1. The molecule has 0 bridgehead atoms. The van der Waals surface area contributed by atoms with Gasteiger partial charge in [-0.05, 0) is 30.9 Å². The fourth-order valence-corrected chi connectivity index (χ4v) is 5.58. The molecule has 1 fully saturated rings. The Morgan fingerprint density at radius 3 is 2.26 bits per heavy atom. The maximum Gasteiger partial charge on any atom is 0.501 e. The van der Waals surface area contributed by atoms with Crippen LogP contribution in [0.15, 0.2) is 24.3 Å². The molecule has 0 aliphatic carbocycles. The minimum Gasteiger partial charge on any atom is -0.396 e. The lowest BCUT2D eigenvalue weighted by molar-refractivity contribution is -0.0787. The van der Waals surface area contributed by atoms with Gasteiger partial charge in [-0.1, -0.05) is 31.2 Å². The van der Waals surface area contributed by atoms with Gasteiger partial charge in [0.2, 0.25) is 0 Å². The molecule has 0 aromatic heterocycles. The monoisotopic (exact) mass is 358 g/mol. The Kier molecular flexibility index (Phi) is 7.07. The van der Waals surface area contributed by atoms with Gasteiger partial charge in [0, 0.05) is 37.2 Å². The van der Waals surface area contributed by atoms with Crippen LogP contribution in [0.25, 0.3) is 0 Å². The predicted octanol–water partition coefficient (Wildman–Crippen LogP) is 3.38. The van der Waals surface area contributed by atoms with Crippen molar-refractivity contribution >= 4 is 20.4 Å². The second-order valence-electron chi connectivity index (χ2n) is 6.16. The van der Waals surface area contributed by atoms with Gasteiger partial charge in [-0.25, -0.2) is 0 Å². The Morgan fingerprint density at radius 2 is 1.78 bits per heavy atom. The highest BCUT2D eigenvalue weighted by Crippen LogP contribution is 2.33. The standard InChI is InChI=1S/C17H27ClO4Si/c1-3-17(12-19)13-21-23(20-4-2,22-14-17)10-9-15-5-7-16(11-18)8-6-15/h5-8,19H,3-4,9-14H2,1-2H3. The van der Waals surface area contributed by atoms with Gasteiger partial charge in [0.1, 0.15) is 0 Å². The first-order valence-corrected chi connectivity index (χ1v) is 10.7. The summed E-state index contributed by atoms with van der Waals surface area (Å²) in [6, 6.07) is 9.05. The Balaban J connectivity index is 1.98. The summed E-state index contributed by atoms with van der Waals surface area (Å²) in [6.45, 7) is 5.70. The van der Waals surface area contributed by atoms with Gasteiger partial charge < -0.3 is 18.4 Å². The quantitative estimate of drug-likeness (QED) is 0.571. The zero-order valence-corrected chi connectivity index (χ0v) is 15.8. The first-order valence-electron chi connectivity index (χ1n) is 8.27. The van der Waals surface area contributed by atoms with E-state index >= 15 is 0 Å². The van der Waals surface area contributed by atoms with Crippen LogP contribution in [0.5, 0.6) is 0 Å². The molecular weight excluding hydrogens is 332 g/mol. The maximum atomic E-state index is 9.60. The van der Waals surface area contributed by atoms with Crippen molar-refractivity contribution in [3.63, 3.8) is 0 Å². The third-order valence-corrected chi connectivity index (χ3v) is 7.61. The Labute approximate surface area is 145 Å². The minimum atomic E-state index is -2.65. The number of alkyl halides is 1. The average Bonchev–Trinajstić information content (AvgIpc) is 2.62. The molecule has 0 saturated carbocycles. The molecule has 0 spiro atoms. The fourth-order valence-electron chi connectivity index (χ4n) is 2.63. The molecule has 23 heavy (non-hydrogen) atoms. The lowest BCUT2D eigenvalue weighted by atomic mass is 9.88. The molecule has 0 atom stereocenters. The molecule has 1 saturated heterocycles. The SMILES string of the molecule is CCO[Si]1(CCc2ccc(CCl)cc2)OCC(CC)(CO)CO1. The smallest absolute Gasteiger partial charge is 0.396 e. The third-order valence-electron chi connectivity index (χ3n) is 4.54. The van der Waals surface area contributed by atoms with Gasteiger partial charge in [-0.15, -0.1) is 11.6 Å². The molecule has 6 heteroatoms. The van der Waals surface area contributed by atoms with Crippen LogP contribution < -0.4 is 0 Å². The van der Waals surface area contributed by atoms with Crippen LogP contribution in [0, 0.1) is 5.41 Å². The van der Waals surface area contributed by atoms with E-state index in [-0.39, 0.29) is 12.0 Å². The molecule has 0 radical (unpaired) electrons. The molecule has 0 amide bonds. The van der Waals surface area contributed by atoms with E-state index in [0.717, 1.165) is 24.4 Å². The highest BCUT2D eigenvalue weighted by atomic mass is 35.5. The fraction of sp³-hybridized carbons (Fsp3) is 0.647. The van der Waals surface area contributed by atoms with E-state index in [2.05, 4.69) is 19.1 Å². The van der Waals surface area contributed by atoms with Crippen molar-refractivity contribution in [2.75, 3.05) is 26.4 Å². The van der Waals surface area contributed by atoms with E-state index in [0.29, 0.717) is 25.7 Å². The maximum absolute atomic E-state index is 9.60. The second kappa shape index (κ2) is 8.60. The molecule has 2 rings (SSSR count). The number of aryl methyl sites for hydroxylation is 1. The lowest BCUT2D eigenvalue weighted by Crippen LogP contribution is -2.56. The second-order valence-corrected chi connectivity index (χ2v) is 9.15. The average molecular weight is 359 g/mol. The van der Waals surface area contributed by atoms with Crippen LogP contribution in [-0.2, 0) is 25.6 Å². The molecule has 0 unspecified atom stereocenters. The summed E-state index contributed by atoms with van der Waals surface area (Å²) < 4.78 is 18.1. The molecule has 1 aromatic rings. The first-order chi connectivity index (χ1) is 11.1. The summed E-state index contributed by atoms with van der Waals surface area (Å²) in [5.74, 6) is 0.532. The lowest BCUT2D eigenvalue weighted by Gasteiger charge is -2.42. The van der Waals surface area contributed by atoms with Gasteiger partial charge in [0.05, 0.1) is 6.61 Å². The van der Waals surface area contributed by atoms with Crippen molar-refractivity contribution in [2.45, 2.75) is 38.6 Å². The van der Waals surface area contributed by atoms with Gasteiger partial charge in [0.25, 0.3) is 0 Å². The van der Waals surface area contributed by atoms with Gasteiger partial charge in [0.15, 0.2) is 0 Å². The number of aliphatic hydroxyl groups excluding tert-OH is 1. The number of aliphatic hydroxyl groups is 1. The van der Waals surface area contributed by atoms with E-state index in [1.807, 2.05) is 19.1 Å².